The van der Waals surface area contributed by atoms with Crippen LogP contribution < -0.4 is 10.2 Å². The number of carbonyl (C=O) groups excluding carboxylic acids is 2. The van der Waals surface area contributed by atoms with Crippen molar-refractivity contribution in [3.8, 4) is 0 Å². The molecule has 0 aromatic rings. The van der Waals surface area contributed by atoms with Gasteiger partial charge in [-0.25, -0.2) is 0 Å². The number of unbranched alkanes of at least 4 members (excludes halogenated alkanes) is 22. The van der Waals surface area contributed by atoms with Crippen LogP contribution in [0.1, 0.15) is 226 Å². The molecule has 0 bridgehead atoms. The summed E-state index contributed by atoms with van der Waals surface area (Å²) >= 11 is 0. The molecular formula is C57H103N2O7P. The minimum Gasteiger partial charge on any atom is -0.756 e. The van der Waals surface area contributed by atoms with E-state index in [1.54, 1.807) is 6.08 Å². The standard InChI is InChI=1S/C57H103N2O7P/c1-7-10-13-16-19-22-25-28-29-30-32-34-37-40-43-46-49-56(60)58-54(53-65-67(62,63)64-52-51-59(4,5)6)55(48-45-42-39-36-33-27-24-21-18-15-12-9-3)66-57(61)50-47-44-41-38-35-31-26-23-20-17-14-11-8-2/h10,13,19,22,28-29,31,35,41,44-45,48,54-55H,7-9,11-12,14-18,20-21,23-27,30,32-34,36-40,42-43,46-47,49-53H2,1-6H3,(H-,58,60,62,63)/b13-10+,22-19+,29-28+,35-31-,44-41+,48-45+. The molecule has 1 N–H and O–H groups in total. The lowest BCUT2D eigenvalue weighted by Gasteiger charge is -2.30. The summed E-state index contributed by atoms with van der Waals surface area (Å²) in [5.41, 5.74) is 0. The fraction of sp³-hybridized carbons (Fsp3) is 0.754. The Morgan fingerprint density at radius 1 is 0.537 bits per heavy atom. The highest BCUT2D eigenvalue weighted by atomic mass is 31.2. The first-order valence-corrected chi connectivity index (χ1v) is 28.7. The maximum atomic E-state index is 13.4. The number of phosphoric acid groups is 1. The molecule has 0 aromatic heterocycles. The summed E-state index contributed by atoms with van der Waals surface area (Å²) < 4.78 is 30.1. The molecule has 0 spiro atoms. The van der Waals surface area contributed by atoms with E-state index >= 15 is 0 Å². The van der Waals surface area contributed by atoms with Gasteiger partial charge in [0.25, 0.3) is 7.82 Å². The van der Waals surface area contributed by atoms with Gasteiger partial charge < -0.3 is 28.5 Å². The van der Waals surface area contributed by atoms with Gasteiger partial charge in [-0.2, -0.15) is 0 Å². The summed E-state index contributed by atoms with van der Waals surface area (Å²) in [5.74, 6) is -0.638. The maximum absolute atomic E-state index is 13.4. The molecule has 0 saturated heterocycles. The smallest absolute Gasteiger partial charge is 0.306 e. The Bertz CT molecular complexity index is 1380. The molecule has 1 amide bonds. The van der Waals surface area contributed by atoms with Crippen LogP contribution in [0.4, 0.5) is 0 Å². The number of amides is 1. The van der Waals surface area contributed by atoms with Gasteiger partial charge in [0, 0.05) is 12.8 Å². The fourth-order valence-electron chi connectivity index (χ4n) is 7.41. The van der Waals surface area contributed by atoms with E-state index in [0.29, 0.717) is 23.9 Å². The van der Waals surface area contributed by atoms with Crippen LogP contribution in [0.2, 0.25) is 0 Å². The van der Waals surface area contributed by atoms with E-state index in [1.807, 2.05) is 33.3 Å². The first kappa shape index (κ1) is 64.5. The van der Waals surface area contributed by atoms with Crippen LogP contribution in [0.25, 0.3) is 0 Å². The zero-order valence-electron chi connectivity index (χ0n) is 44.1. The molecule has 0 aliphatic rings. The number of carbonyl (C=O) groups is 2. The Kier molecular flexibility index (Phi) is 45.3. The number of quaternary nitrogens is 1. The van der Waals surface area contributed by atoms with Crippen molar-refractivity contribution in [1.82, 2.24) is 5.32 Å². The van der Waals surface area contributed by atoms with Crippen LogP contribution in [-0.2, 0) is 27.9 Å². The Hall–Kier alpha value is -2.55. The average Bonchev–Trinajstić information content (AvgIpc) is 3.28. The highest BCUT2D eigenvalue weighted by molar-refractivity contribution is 7.45. The molecule has 10 heteroatoms. The van der Waals surface area contributed by atoms with Crippen molar-refractivity contribution in [1.29, 1.82) is 0 Å². The lowest BCUT2D eigenvalue weighted by atomic mass is 10.0. The predicted molar refractivity (Wildman–Crippen MR) is 284 cm³/mol. The molecule has 0 fully saturated rings. The van der Waals surface area contributed by atoms with Crippen LogP contribution in [0.3, 0.4) is 0 Å². The summed E-state index contributed by atoms with van der Waals surface area (Å²) in [6.45, 7) is 6.65. The number of allylic oxidation sites excluding steroid dienone is 11. The summed E-state index contributed by atoms with van der Waals surface area (Å²) in [4.78, 5) is 39.7. The number of ether oxygens (including phenoxy) is 1. The van der Waals surface area contributed by atoms with E-state index in [4.69, 9.17) is 13.8 Å². The number of rotatable bonds is 48. The number of hydrogen-bond acceptors (Lipinski definition) is 7. The van der Waals surface area contributed by atoms with E-state index in [0.717, 1.165) is 89.9 Å². The Balaban J connectivity index is 5.48. The quantitative estimate of drug-likeness (QED) is 0.0212. The monoisotopic (exact) mass is 959 g/mol. The number of phosphoric ester groups is 1. The Morgan fingerprint density at radius 3 is 1.46 bits per heavy atom. The molecule has 0 aromatic carbocycles. The number of nitrogens with zero attached hydrogens (tertiary/aromatic N) is 1. The van der Waals surface area contributed by atoms with Crippen molar-refractivity contribution in [3.63, 3.8) is 0 Å². The number of hydrogen-bond donors (Lipinski definition) is 1. The van der Waals surface area contributed by atoms with Crippen molar-refractivity contribution in [2.75, 3.05) is 40.9 Å². The third-order valence-corrected chi connectivity index (χ3v) is 12.6. The fourth-order valence-corrected chi connectivity index (χ4v) is 8.13. The predicted octanol–water partition coefficient (Wildman–Crippen LogP) is 15.5. The minimum absolute atomic E-state index is 0.0351. The largest absolute Gasteiger partial charge is 0.756 e. The van der Waals surface area contributed by atoms with Crippen LogP contribution in [0, 0.1) is 0 Å². The molecule has 0 aliphatic carbocycles. The Labute approximate surface area is 413 Å². The zero-order valence-corrected chi connectivity index (χ0v) is 45.0. The van der Waals surface area contributed by atoms with Gasteiger partial charge in [0.2, 0.25) is 5.91 Å². The van der Waals surface area contributed by atoms with Gasteiger partial charge in [-0.15, -0.1) is 0 Å². The lowest BCUT2D eigenvalue weighted by Crippen LogP contribution is -2.47. The van der Waals surface area contributed by atoms with E-state index in [-0.39, 0.29) is 25.4 Å². The number of likely N-dealkylation sites (N-methyl/N-ethyl adjacent to an activating group) is 1. The van der Waals surface area contributed by atoms with Crippen LogP contribution in [-0.4, -0.2) is 69.4 Å². The average molecular weight is 959 g/mol. The molecule has 3 atom stereocenters. The molecule has 0 rings (SSSR count). The molecule has 0 aliphatic heterocycles. The van der Waals surface area contributed by atoms with Gasteiger partial charge in [-0.05, 0) is 83.1 Å². The first-order valence-electron chi connectivity index (χ1n) is 27.2. The van der Waals surface area contributed by atoms with Gasteiger partial charge in [0.05, 0.1) is 33.8 Å². The molecule has 67 heavy (non-hydrogen) atoms. The van der Waals surface area contributed by atoms with Crippen molar-refractivity contribution < 1.29 is 37.3 Å². The lowest BCUT2D eigenvalue weighted by molar-refractivity contribution is -0.870. The summed E-state index contributed by atoms with van der Waals surface area (Å²) in [6, 6.07) is -0.918. The van der Waals surface area contributed by atoms with Crippen molar-refractivity contribution in [2.24, 2.45) is 0 Å². The van der Waals surface area contributed by atoms with E-state index in [2.05, 4.69) is 80.8 Å². The summed E-state index contributed by atoms with van der Waals surface area (Å²) in [6.07, 6.45) is 58.8. The van der Waals surface area contributed by atoms with Gasteiger partial charge in [0.15, 0.2) is 0 Å². The molecule has 3 unspecified atom stereocenters. The van der Waals surface area contributed by atoms with Gasteiger partial charge >= 0.3 is 5.97 Å². The number of nitrogens with one attached hydrogen (secondary N) is 1. The second kappa shape index (κ2) is 47.1. The minimum atomic E-state index is -4.71. The van der Waals surface area contributed by atoms with Crippen LogP contribution >= 0.6 is 7.82 Å². The first-order chi connectivity index (χ1) is 32.4. The van der Waals surface area contributed by atoms with E-state index in [9.17, 15) is 19.0 Å². The highest BCUT2D eigenvalue weighted by Crippen LogP contribution is 2.38. The SMILES string of the molecule is CC/C=C/C/C=C/C/C=C/CCCCCCCCC(=O)NC(COP(=O)([O-])OCC[N+](C)(C)C)C(/C=C/CCCCCCCCCCCC)OC(=O)CC/C=C/C/C=C\CCCCCCCC. The van der Waals surface area contributed by atoms with Crippen molar-refractivity contribution in [2.45, 2.75) is 238 Å². The molecule has 388 valence electrons. The maximum Gasteiger partial charge on any atom is 0.306 e. The highest BCUT2D eigenvalue weighted by Gasteiger charge is 2.27. The van der Waals surface area contributed by atoms with E-state index in [1.165, 1.54) is 89.9 Å². The second-order valence-electron chi connectivity index (χ2n) is 19.3. The molecule has 9 nitrogen and oxygen atoms in total. The zero-order chi connectivity index (χ0) is 49.4. The van der Waals surface area contributed by atoms with E-state index < -0.39 is 32.5 Å². The van der Waals surface area contributed by atoms with Crippen LogP contribution in [0.15, 0.2) is 72.9 Å². The molecule has 0 radical (unpaired) electrons. The Morgan fingerprint density at radius 2 is 0.970 bits per heavy atom. The van der Waals surface area contributed by atoms with Gasteiger partial charge in [-0.3, -0.25) is 14.2 Å². The molecule has 0 saturated carbocycles. The second-order valence-corrected chi connectivity index (χ2v) is 20.8. The topological polar surface area (TPSA) is 114 Å². The van der Waals surface area contributed by atoms with Crippen molar-refractivity contribution >= 4 is 19.7 Å². The van der Waals surface area contributed by atoms with Crippen molar-refractivity contribution in [3.05, 3.63) is 72.9 Å². The third-order valence-electron chi connectivity index (χ3n) is 11.6. The summed E-state index contributed by atoms with van der Waals surface area (Å²) in [5, 5.41) is 2.99. The third kappa shape index (κ3) is 48.3. The molecular weight excluding hydrogens is 856 g/mol. The van der Waals surface area contributed by atoms with Gasteiger partial charge in [-0.1, -0.05) is 203 Å². The summed E-state index contributed by atoms with van der Waals surface area (Å²) in [7, 11) is 1.14. The molecule has 0 heterocycles. The van der Waals surface area contributed by atoms with Crippen LogP contribution in [0.5, 0.6) is 0 Å². The normalized spacial score (nSPS) is 14.4. The number of esters is 1. The van der Waals surface area contributed by atoms with Gasteiger partial charge in [0.1, 0.15) is 19.3 Å².